The minimum atomic E-state index is 0.916. The van der Waals surface area contributed by atoms with Gasteiger partial charge in [0.05, 0.1) is 7.11 Å². The molecule has 0 atom stereocenters. The monoisotopic (exact) mass is 227 g/mol. The van der Waals surface area contributed by atoms with Crippen LogP contribution in [0.5, 0.6) is 5.75 Å². The van der Waals surface area contributed by atoms with E-state index in [0.29, 0.717) is 0 Å². The molecule has 17 heavy (non-hydrogen) atoms. The summed E-state index contributed by atoms with van der Waals surface area (Å²) in [6.45, 7) is 4.13. The van der Waals surface area contributed by atoms with Crippen molar-refractivity contribution in [1.29, 1.82) is 0 Å². The molecular weight excluding hydrogens is 210 g/mol. The fourth-order valence-electron chi connectivity index (χ4n) is 1.76. The Balaban J connectivity index is 2.19. The Bertz CT molecular complexity index is 503. The highest BCUT2D eigenvalue weighted by Crippen LogP contribution is 2.24. The second kappa shape index (κ2) is 4.91. The molecule has 0 unspecified atom stereocenters. The zero-order valence-corrected chi connectivity index (χ0v) is 10.4. The van der Waals surface area contributed by atoms with Crippen LogP contribution in [0.1, 0.15) is 11.1 Å². The van der Waals surface area contributed by atoms with Crippen LogP contribution < -0.4 is 10.1 Å². The normalized spacial score (nSPS) is 10.1. The van der Waals surface area contributed by atoms with E-state index in [0.717, 1.165) is 22.7 Å². The summed E-state index contributed by atoms with van der Waals surface area (Å²) < 4.78 is 5.24. The van der Waals surface area contributed by atoms with E-state index in [4.69, 9.17) is 4.74 Å². The van der Waals surface area contributed by atoms with Crippen LogP contribution in [0.4, 0.5) is 11.4 Å². The third kappa shape index (κ3) is 2.78. The number of rotatable bonds is 3. The standard InChI is InChI=1S/C15H17NO/c1-11-4-6-13(7-5-11)16-14-8-9-15(17-3)12(2)10-14/h4-10,16H,1-3H3. The van der Waals surface area contributed by atoms with Gasteiger partial charge in [0, 0.05) is 11.4 Å². The number of anilines is 2. The van der Waals surface area contributed by atoms with Gasteiger partial charge >= 0.3 is 0 Å². The molecule has 2 aromatic carbocycles. The van der Waals surface area contributed by atoms with Gasteiger partial charge in [0.15, 0.2) is 0 Å². The van der Waals surface area contributed by atoms with E-state index in [1.165, 1.54) is 5.56 Å². The Kier molecular flexibility index (Phi) is 3.33. The molecule has 0 bridgehead atoms. The van der Waals surface area contributed by atoms with E-state index >= 15 is 0 Å². The highest BCUT2D eigenvalue weighted by atomic mass is 16.5. The zero-order valence-electron chi connectivity index (χ0n) is 10.4. The largest absolute Gasteiger partial charge is 0.496 e. The van der Waals surface area contributed by atoms with E-state index in [1.54, 1.807) is 7.11 Å². The topological polar surface area (TPSA) is 21.3 Å². The summed E-state index contributed by atoms with van der Waals surface area (Å²) in [6.07, 6.45) is 0. The van der Waals surface area contributed by atoms with Gasteiger partial charge in [-0.25, -0.2) is 0 Å². The molecule has 0 radical (unpaired) electrons. The summed E-state index contributed by atoms with van der Waals surface area (Å²) in [6, 6.07) is 14.4. The molecule has 0 fully saturated rings. The van der Waals surface area contributed by atoms with Gasteiger partial charge in [-0.05, 0) is 49.7 Å². The number of benzene rings is 2. The second-order valence-corrected chi connectivity index (χ2v) is 4.18. The highest BCUT2D eigenvalue weighted by molar-refractivity contribution is 5.62. The Labute approximate surface area is 102 Å². The van der Waals surface area contributed by atoms with Crippen molar-refractivity contribution in [3.05, 3.63) is 53.6 Å². The second-order valence-electron chi connectivity index (χ2n) is 4.18. The van der Waals surface area contributed by atoms with Gasteiger partial charge in [-0.2, -0.15) is 0 Å². The summed E-state index contributed by atoms with van der Waals surface area (Å²) in [5.74, 6) is 0.916. The summed E-state index contributed by atoms with van der Waals surface area (Å²) in [7, 11) is 1.69. The highest BCUT2D eigenvalue weighted by Gasteiger charge is 2.00. The van der Waals surface area contributed by atoms with Gasteiger partial charge in [-0.15, -0.1) is 0 Å². The molecule has 0 saturated carbocycles. The Morgan fingerprint density at radius 1 is 0.882 bits per heavy atom. The predicted octanol–water partition coefficient (Wildman–Crippen LogP) is 4.06. The molecule has 0 aliphatic rings. The SMILES string of the molecule is COc1ccc(Nc2ccc(C)cc2)cc1C. The fraction of sp³-hybridized carbons (Fsp3) is 0.200. The average molecular weight is 227 g/mol. The number of hydrogen-bond acceptors (Lipinski definition) is 2. The maximum absolute atomic E-state index is 5.24. The molecule has 2 rings (SSSR count). The van der Waals surface area contributed by atoms with Crippen molar-refractivity contribution in [3.8, 4) is 5.75 Å². The lowest BCUT2D eigenvalue weighted by Crippen LogP contribution is -1.92. The molecule has 0 saturated heterocycles. The van der Waals surface area contributed by atoms with Gasteiger partial charge in [-0.3, -0.25) is 0 Å². The van der Waals surface area contributed by atoms with Crippen molar-refractivity contribution in [3.63, 3.8) is 0 Å². The van der Waals surface area contributed by atoms with Crippen LogP contribution in [0.25, 0.3) is 0 Å². The van der Waals surface area contributed by atoms with E-state index < -0.39 is 0 Å². The van der Waals surface area contributed by atoms with Crippen molar-refractivity contribution in [1.82, 2.24) is 0 Å². The molecule has 0 aliphatic heterocycles. The van der Waals surface area contributed by atoms with E-state index in [9.17, 15) is 0 Å². The Hall–Kier alpha value is -1.96. The lowest BCUT2D eigenvalue weighted by atomic mass is 10.2. The van der Waals surface area contributed by atoms with Crippen molar-refractivity contribution in [2.24, 2.45) is 0 Å². The summed E-state index contributed by atoms with van der Waals surface area (Å²) in [4.78, 5) is 0. The van der Waals surface area contributed by atoms with Crippen LogP contribution in [0.2, 0.25) is 0 Å². The van der Waals surface area contributed by atoms with Crippen LogP contribution in [-0.2, 0) is 0 Å². The predicted molar refractivity (Wildman–Crippen MR) is 72.2 cm³/mol. The first-order valence-electron chi connectivity index (χ1n) is 5.67. The number of methoxy groups -OCH3 is 1. The fourth-order valence-corrected chi connectivity index (χ4v) is 1.76. The lowest BCUT2D eigenvalue weighted by Gasteiger charge is -2.10. The van der Waals surface area contributed by atoms with Crippen LogP contribution in [0.3, 0.4) is 0 Å². The smallest absolute Gasteiger partial charge is 0.121 e. The van der Waals surface area contributed by atoms with E-state index in [-0.39, 0.29) is 0 Å². The Morgan fingerprint density at radius 2 is 1.53 bits per heavy atom. The molecule has 1 N–H and O–H groups in total. The maximum Gasteiger partial charge on any atom is 0.121 e. The average Bonchev–Trinajstić information content (AvgIpc) is 2.32. The van der Waals surface area contributed by atoms with Gasteiger partial charge < -0.3 is 10.1 Å². The summed E-state index contributed by atoms with van der Waals surface area (Å²) in [5, 5.41) is 3.37. The molecule has 0 aromatic heterocycles. The molecule has 2 aromatic rings. The minimum Gasteiger partial charge on any atom is -0.496 e. The van der Waals surface area contributed by atoms with Gasteiger partial charge in [0.2, 0.25) is 0 Å². The van der Waals surface area contributed by atoms with Crippen LogP contribution in [0.15, 0.2) is 42.5 Å². The first-order valence-corrected chi connectivity index (χ1v) is 5.67. The Morgan fingerprint density at radius 3 is 2.12 bits per heavy atom. The van der Waals surface area contributed by atoms with Crippen molar-refractivity contribution >= 4 is 11.4 Å². The third-order valence-corrected chi connectivity index (χ3v) is 2.74. The quantitative estimate of drug-likeness (QED) is 0.853. The van der Waals surface area contributed by atoms with Crippen molar-refractivity contribution in [2.45, 2.75) is 13.8 Å². The molecule has 2 nitrogen and oxygen atoms in total. The van der Waals surface area contributed by atoms with Crippen LogP contribution in [0, 0.1) is 13.8 Å². The number of ether oxygens (including phenoxy) is 1. The first kappa shape index (κ1) is 11.5. The van der Waals surface area contributed by atoms with E-state index in [1.807, 2.05) is 19.1 Å². The summed E-state index contributed by atoms with van der Waals surface area (Å²) >= 11 is 0. The molecule has 0 amide bonds. The summed E-state index contributed by atoms with van der Waals surface area (Å²) in [5.41, 5.74) is 4.57. The van der Waals surface area contributed by atoms with Gasteiger partial charge in [0.1, 0.15) is 5.75 Å². The van der Waals surface area contributed by atoms with E-state index in [2.05, 4.69) is 42.6 Å². The van der Waals surface area contributed by atoms with Gasteiger partial charge in [0.25, 0.3) is 0 Å². The third-order valence-electron chi connectivity index (χ3n) is 2.74. The zero-order chi connectivity index (χ0) is 12.3. The first-order chi connectivity index (χ1) is 8.19. The molecule has 0 aliphatic carbocycles. The van der Waals surface area contributed by atoms with Crippen LogP contribution in [-0.4, -0.2) is 7.11 Å². The maximum atomic E-state index is 5.24. The number of nitrogens with one attached hydrogen (secondary N) is 1. The molecular formula is C15H17NO. The number of hydrogen-bond donors (Lipinski definition) is 1. The van der Waals surface area contributed by atoms with Gasteiger partial charge in [-0.1, -0.05) is 17.7 Å². The molecule has 88 valence electrons. The molecule has 0 heterocycles. The van der Waals surface area contributed by atoms with Crippen LogP contribution >= 0.6 is 0 Å². The van der Waals surface area contributed by atoms with Crippen molar-refractivity contribution < 1.29 is 4.74 Å². The minimum absolute atomic E-state index is 0.916. The van der Waals surface area contributed by atoms with Crippen molar-refractivity contribution in [2.75, 3.05) is 12.4 Å². The molecule has 0 spiro atoms. The number of aryl methyl sites for hydroxylation is 2. The molecule has 2 heteroatoms. The lowest BCUT2D eigenvalue weighted by molar-refractivity contribution is 0.412.